The molecule has 0 aliphatic heterocycles. The van der Waals surface area contributed by atoms with E-state index in [1.54, 1.807) is 0 Å². The molecule has 10 aromatic rings. The van der Waals surface area contributed by atoms with Crippen molar-refractivity contribution in [2.45, 2.75) is 0 Å². The van der Waals surface area contributed by atoms with Crippen molar-refractivity contribution in [3.63, 3.8) is 0 Å². The molecule has 5 heteroatoms. The van der Waals surface area contributed by atoms with Crippen LogP contribution in [-0.2, 0) is 0 Å². The van der Waals surface area contributed by atoms with Crippen LogP contribution in [0.3, 0.4) is 0 Å². The van der Waals surface area contributed by atoms with Gasteiger partial charge in [0.2, 0.25) is 0 Å². The maximum absolute atomic E-state index is 5.16. The van der Waals surface area contributed by atoms with Gasteiger partial charge in [-0.25, -0.2) is 15.0 Å². The van der Waals surface area contributed by atoms with Crippen molar-refractivity contribution in [3.8, 4) is 101 Å². The summed E-state index contributed by atoms with van der Waals surface area (Å²) in [5, 5.41) is 0. The van der Waals surface area contributed by atoms with Crippen molar-refractivity contribution >= 4 is 0 Å². The number of hydrogen-bond acceptors (Lipinski definition) is 5. The first-order chi connectivity index (χ1) is 29.7. The SMILES string of the molecule is c1ccc(-c2cc(-c3ccc(-c4ccc(-c5ccc(-c6nc(-c7ccccc7)cc(-c7ccccc7)n6)cc5)cc4)cn3)nc(-c3ncccc3-c3ccccc3)c2)cc1. The lowest BCUT2D eigenvalue weighted by Gasteiger charge is -2.13. The van der Waals surface area contributed by atoms with Gasteiger partial charge in [0.15, 0.2) is 5.82 Å². The van der Waals surface area contributed by atoms with Crippen LogP contribution in [0, 0.1) is 0 Å². The number of aromatic nitrogens is 5. The molecule has 4 heterocycles. The Balaban J connectivity index is 0.922. The average Bonchev–Trinajstić information content (AvgIpc) is 3.35. The molecule has 0 aliphatic carbocycles. The summed E-state index contributed by atoms with van der Waals surface area (Å²) >= 11 is 0. The highest BCUT2D eigenvalue weighted by molar-refractivity contribution is 5.83. The predicted octanol–water partition coefficient (Wildman–Crippen LogP) is 13.7. The molecule has 0 N–H and O–H groups in total. The zero-order valence-corrected chi connectivity index (χ0v) is 32.6. The highest BCUT2D eigenvalue weighted by atomic mass is 14.9. The first-order valence-corrected chi connectivity index (χ1v) is 20.0. The number of pyridine rings is 3. The van der Waals surface area contributed by atoms with Crippen molar-refractivity contribution in [3.05, 3.63) is 225 Å². The Morgan fingerprint density at radius 2 is 0.717 bits per heavy atom. The first kappa shape index (κ1) is 36.2. The second-order valence-electron chi connectivity index (χ2n) is 14.5. The second kappa shape index (κ2) is 16.4. The lowest BCUT2D eigenvalue weighted by atomic mass is 9.98. The minimum Gasteiger partial charge on any atom is -0.254 e. The molecule has 0 unspecified atom stereocenters. The van der Waals surface area contributed by atoms with Crippen molar-refractivity contribution in [1.82, 2.24) is 24.9 Å². The van der Waals surface area contributed by atoms with Gasteiger partial charge < -0.3 is 0 Å². The fourth-order valence-electron chi connectivity index (χ4n) is 7.51. The molecule has 0 radical (unpaired) electrons. The lowest BCUT2D eigenvalue weighted by Crippen LogP contribution is -1.96. The van der Waals surface area contributed by atoms with Gasteiger partial charge in [-0.3, -0.25) is 9.97 Å². The van der Waals surface area contributed by atoms with Crippen LogP contribution in [0.25, 0.3) is 101 Å². The first-order valence-electron chi connectivity index (χ1n) is 20.0. The second-order valence-corrected chi connectivity index (χ2v) is 14.5. The molecule has 0 spiro atoms. The highest BCUT2D eigenvalue weighted by Gasteiger charge is 2.16. The molecule has 282 valence electrons. The van der Waals surface area contributed by atoms with Crippen LogP contribution in [0.15, 0.2) is 225 Å². The molecule has 0 atom stereocenters. The highest BCUT2D eigenvalue weighted by Crippen LogP contribution is 2.35. The van der Waals surface area contributed by atoms with Crippen LogP contribution < -0.4 is 0 Å². The van der Waals surface area contributed by atoms with Gasteiger partial charge in [0.25, 0.3) is 0 Å². The molecule has 60 heavy (non-hydrogen) atoms. The Kier molecular flexibility index (Phi) is 9.88. The number of nitrogens with zero attached hydrogens (tertiary/aromatic N) is 5. The molecule has 0 amide bonds. The summed E-state index contributed by atoms with van der Waals surface area (Å²) in [5.41, 5.74) is 16.7. The summed E-state index contributed by atoms with van der Waals surface area (Å²) in [7, 11) is 0. The number of rotatable bonds is 9. The van der Waals surface area contributed by atoms with E-state index >= 15 is 0 Å². The maximum atomic E-state index is 5.16. The van der Waals surface area contributed by atoms with E-state index in [1.807, 2.05) is 79.1 Å². The van der Waals surface area contributed by atoms with E-state index in [9.17, 15) is 0 Å². The molecule has 0 saturated heterocycles. The number of benzene rings is 6. The minimum atomic E-state index is 0.694. The van der Waals surface area contributed by atoms with Crippen molar-refractivity contribution in [2.75, 3.05) is 0 Å². The van der Waals surface area contributed by atoms with Gasteiger partial charge in [0.1, 0.15) is 0 Å². The fourth-order valence-corrected chi connectivity index (χ4v) is 7.51. The van der Waals surface area contributed by atoms with Gasteiger partial charge in [0.05, 0.1) is 34.2 Å². The Morgan fingerprint density at radius 3 is 1.27 bits per heavy atom. The molecular weight excluding hydrogens is 731 g/mol. The quantitative estimate of drug-likeness (QED) is 0.146. The van der Waals surface area contributed by atoms with E-state index in [4.69, 9.17) is 24.9 Å². The monoisotopic (exact) mass is 767 g/mol. The summed E-state index contributed by atoms with van der Waals surface area (Å²) in [5.74, 6) is 0.694. The Hall–Kier alpha value is -8.15. The molecule has 4 aromatic heterocycles. The topological polar surface area (TPSA) is 64.5 Å². The normalized spacial score (nSPS) is 11.0. The summed E-state index contributed by atoms with van der Waals surface area (Å²) in [4.78, 5) is 24.9. The third kappa shape index (κ3) is 7.63. The van der Waals surface area contributed by atoms with Gasteiger partial charge in [-0.05, 0) is 63.7 Å². The smallest absolute Gasteiger partial charge is 0.160 e. The van der Waals surface area contributed by atoms with Crippen molar-refractivity contribution in [1.29, 1.82) is 0 Å². The molecule has 6 aromatic carbocycles. The minimum absolute atomic E-state index is 0.694. The van der Waals surface area contributed by atoms with E-state index < -0.39 is 0 Å². The van der Waals surface area contributed by atoms with Crippen LogP contribution in [-0.4, -0.2) is 24.9 Å². The van der Waals surface area contributed by atoms with Crippen molar-refractivity contribution in [2.24, 2.45) is 0 Å². The summed E-state index contributed by atoms with van der Waals surface area (Å²) < 4.78 is 0. The van der Waals surface area contributed by atoms with E-state index in [2.05, 4.69) is 146 Å². The summed E-state index contributed by atoms with van der Waals surface area (Å²) in [6, 6.07) is 72.9. The van der Waals surface area contributed by atoms with Gasteiger partial charge in [-0.15, -0.1) is 0 Å². The molecule has 5 nitrogen and oxygen atoms in total. The fraction of sp³-hybridized carbons (Fsp3) is 0. The van der Waals surface area contributed by atoms with Gasteiger partial charge in [0, 0.05) is 40.2 Å². The van der Waals surface area contributed by atoms with Crippen LogP contribution in [0.5, 0.6) is 0 Å². The molecule has 0 aliphatic rings. The molecule has 0 fully saturated rings. The third-order valence-electron chi connectivity index (χ3n) is 10.7. The number of hydrogen-bond donors (Lipinski definition) is 0. The van der Waals surface area contributed by atoms with Crippen LogP contribution in [0.4, 0.5) is 0 Å². The van der Waals surface area contributed by atoms with Crippen LogP contribution >= 0.6 is 0 Å². The molecule has 0 bridgehead atoms. The molecular formula is C55H37N5. The molecule has 10 rings (SSSR count). The van der Waals surface area contributed by atoms with Crippen LogP contribution in [0.1, 0.15) is 0 Å². The summed E-state index contributed by atoms with van der Waals surface area (Å²) in [6.45, 7) is 0. The van der Waals surface area contributed by atoms with E-state index in [-0.39, 0.29) is 0 Å². The largest absolute Gasteiger partial charge is 0.254 e. The Labute approximate surface area is 349 Å². The predicted molar refractivity (Wildman–Crippen MR) is 244 cm³/mol. The molecule has 0 saturated carbocycles. The lowest BCUT2D eigenvalue weighted by molar-refractivity contribution is 1.18. The Bertz CT molecular complexity index is 2970. The van der Waals surface area contributed by atoms with Gasteiger partial charge in [-0.2, -0.15) is 0 Å². The van der Waals surface area contributed by atoms with Gasteiger partial charge in [-0.1, -0.05) is 182 Å². The van der Waals surface area contributed by atoms with Crippen molar-refractivity contribution < 1.29 is 0 Å². The summed E-state index contributed by atoms with van der Waals surface area (Å²) in [6.07, 6.45) is 3.76. The van der Waals surface area contributed by atoms with Gasteiger partial charge >= 0.3 is 0 Å². The third-order valence-corrected chi connectivity index (χ3v) is 10.7. The standard InChI is InChI=1S/C55H37N5/c1-5-14-38(15-6-1)47-34-52(58-53(35-47)54-48(22-13-33-56-54)42-16-7-2-8-17-42)49-32-31-46(37-57-49)41-25-23-39(24-26-41)40-27-29-45(30-28-40)55-59-50(43-18-9-3-10-19-43)36-51(60-55)44-20-11-4-12-21-44/h1-37H. The Morgan fingerprint density at radius 1 is 0.250 bits per heavy atom. The average molecular weight is 768 g/mol. The van der Waals surface area contributed by atoms with E-state index in [0.29, 0.717) is 5.82 Å². The zero-order chi connectivity index (χ0) is 40.1. The van der Waals surface area contributed by atoms with E-state index in [1.165, 1.54) is 0 Å². The van der Waals surface area contributed by atoms with E-state index in [0.717, 1.165) is 95.4 Å². The zero-order valence-electron chi connectivity index (χ0n) is 32.6. The van der Waals surface area contributed by atoms with Crippen LogP contribution in [0.2, 0.25) is 0 Å². The maximum Gasteiger partial charge on any atom is 0.160 e.